The summed E-state index contributed by atoms with van der Waals surface area (Å²) in [6, 6.07) is 14.8. The number of hydrogen-bond donors (Lipinski definition) is 1. The Morgan fingerprint density at radius 3 is 2.14 bits per heavy atom. The summed E-state index contributed by atoms with van der Waals surface area (Å²) >= 11 is 0. The van der Waals surface area contributed by atoms with Gasteiger partial charge in [-0.2, -0.15) is 0 Å². The lowest BCUT2D eigenvalue weighted by Crippen LogP contribution is -2.50. The summed E-state index contributed by atoms with van der Waals surface area (Å²) in [6.07, 6.45) is 0. The lowest BCUT2D eigenvalue weighted by Gasteiger charge is -2.36. The highest BCUT2D eigenvalue weighted by molar-refractivity contribution is 5.89. The van der Waals surface area contributed by atoms with Crippen molar-refractivity contribution in [2.45, 2.75) is 0 Å². The minimum Gasteiger partial charge on any atom is -0.497 e. The number of rotatable bonds is 6. The van der Waals surface area contributed by atoms with Crippen LogP contribution in [0.15, 0.2) is 48.5 Å². The van der Waals surface area contributed by atoms with Crippen LogP contribution in [0, 0.1) is 0 Å². The number of methoxy groups -OCH3 is 2. The van der Waals surface area contributed by atoms with E-state index >= 15 is 0 Å². The van der Waals surface area contributed by atoms with Crippen molar-refractivity contribution >= 4 is 23.3 Å². The van der Waals surface area contributed by atoms with Gasteiger partial charge in [0, 0.05) is 37.6 Å². The van der Waals surface area contributed by atoms with Crippen molar-refractivity contribution in [2.75, 3.05) is 57.2 Å². The van der Waals surface area contributed by atoms with Crippen LogP contribution in [-0.4, -0.2) is 63.7 Å². The number of nitrogens with one attached hydrogen (secondary N) is 1. The maximum atomic E-state index is 12.5. The highest BCUT2D eigenvalue weighted by Gasteiger charge is 2.21. The summed E-state index contributed by atoms with van der Waals surface area (Å²) in [5.74, 6) is 0.520. The van der Waals surface area contributed by atoms with Gasteiger partial charge in [-0.3, -0.25) is 4.79 Å². The number of benzene rings is 2. The smallest absolute Gasteiger partial charge is 0.337 e. The number of carbonyl (C=O) groups is 2. The van der Waals surface area contributed by atoms with Crippen LogP contribution in [-0.2, 0) is 9.53 Å². The van der Waals surface area contributed by atoms with Crippen molar-refractivity contribution < 1.29 is 19.1 Å². The second-order valence-corrected chi connectivity index (χ2v) is 6.49. The van der Waals surface area contributed by atoms with Crippen LogP contribution in [0.1, 0.15) is 10.4 Å². The molecule has 1 N–H and O–H groups in total. The number of esters is 1. The molecule has 1 aliphatic heterocycles. The Labute approximate surface area is 164 Å². The molecule has 28 heavy (non-hydrogen) atoms. The van der Waals surface area contributed by atoms with Gasteiger partial charge in [0.2, 0.25) is 5.91 Å². The molecule has 3 rings (SSSR count). The number of amides is 1. The van der Waals surface area contributed by atoms with Crippen molar-refractivity contribution in [3.05, 3.63) is 54.1 Å². The predicted molar refractivity (Wildman–Crippen MR) is 108 cm³/mol. The van der Waals surface area contributed by atoms with Crippen LogP contribution in [0.5, 0.6) is 5.75 Å². The van der Waals surface area contributed by atoms with Gasteiger partial charge in [-0.15, -0.1) is 0 Å². The molecule has 0 unspecified atom stereocenters. The van der Waals surface area contributed by atoms with E-state index in [-0.39, 0.29) is 18.4 Å². The van der Waals surface area contributed by atoms with E-state index in [1.165, 1.54) is 7.11 Å². The largest absolute Gasteiger partial charge is 0.497 e. The second-order valence-electron chi connectivity index (χ2n) is 6.49. The Hall–Kier alpha value is -3.22. The number of nitrogens with zero attached hydrogens (tertiary/aromatic N) is 2. The number of ether oxygens (including phenoxy) is 2. The molecule has 0 radical (unpaired) electrons. The minimum absolute atomic E-state index is 0.0615. The quantitative estimate of drug-likeness (QED) is 0.772. The van der Waals surface area contributed by atoms with Gasteiger partial charge in [-0.25, -0.2) is 4.79 Å². The molecule has 1 aliphatic rings. The zero-order chi connectivity index (χ0) is 19.9. The summed E-state index contributed by atoms with van der Waals surface area (Å²) < 4.78 is 9.87. The minimum atomic E-state index is -0.377. The molecule has 1 heterocycles. The predicted octanol–water partition coefficient (Wildman–Crippen LogP) is 2.24. The van der Waals surface area contributed by atoms with Crippen LogP contribution in [0.4, 0.5) is 11.4 Å². The van der Waals surface area contributed by atoms with Crippen LogP contribution in [0.2, 0.25) is 0 Å². The molecular formula is C21H25N3O4. The summed E-state index contributed by atoms with van der Waals surface area (Å²) in [7, 11) is 3.00. The maximum Gasteiger partial charge on any atom is 0.337 e. The van der Waals surface area contributed by atoms with Crippen molar-refractivity contribution in [1.82, 2.24) is 4.90 Å². The van der Waals surface area contributed by atoms with E-state index < -0.39 is 0 Å². The molecule has 0 aliphatic carbocycles. The highest BCUT2D eigenvalue weighted by atomic mass is 16.5. The molecule has 0 saturated carbocycles. The zero-order valence-electron chi connectivity index (χ0n) is 16.2. The number of piperazine rings is 1. The molecule has 0 bridgehead atoms. The van der Waals surface area contributed by atoms with Crippen molar-refractivity contribution in [3.63, 3.8) is 0 Å². The number of anilines is 2. The topological polar surface area (TPSA) is 71.1 Å². The average molecular weight is 383 g/mol. The van der Waals surface area contributed by atoms with Gasteiger partial charge in [-0.1, -0.05) is 0 Å². The summed E-state index contributed by atoms with van der Waals surface area (Å²) in [5, 5.41) is 3.11. The van der Waals surface area contributed by atoms with Gasteiger partial charge < -0.3 is 24.6 Å². The van der Waals surface area contributed by atoms with E-state index in [0.717, 1.165) is 30.2 Å². The summed E-state index contributed by atoms with van der Waals surface area (Å²) in [4.78, 5) is 28.1. The Morgan fingerprint density at radius 1 is 0.929 bits per heavy atom. The monoisotopic (exact) mass is 383 g/mol. The van der Waals surface area contributed by atoms with Crippen molar-refractivity contribution in [1.29, 1.82) is 0 Å². The molecule has 1 fully saturated rings. The molecule has 1 saturated heterocycles. The van der Waals surface area contributed by atoms with E-state index in [9.17, 15) is 9.59 Å². The lowest BCUT2D eigenvalue weighted by atomic mass is 10.2. The Bertz CT molecular complexity index is 797. The number of carbonyl (C=O) groups excluding carboxylic acids is 2. The van der Waals surface area contributed by atoms with E-state index in [1.54, 1.807) is 31.4 Å². The van der Waals surface area contributed by atoms with Crippen molar-refractivity contribution in [3.8, 4) is 5.75 Å². The molecule has 2 aromatic carbocycles. The maximum absolute atomic E-state index is 12.5. The second kappa shape index (κ2) is 9.12. The van der Waals surface area contributed by atoms with E-state index in [4.69, 9.17) is 4.74 Å². The van der Waals surface area contributed by atoms with Gasteiger partial charge in [-0.05, 0) is 48.5 Å². The molecule has 1 amide bonds. The fourth-order valence-corrected chi connectivity index (χ4v) is 3.14. The van der Waals surface area contributed by atoms with E-state index in [2.05, 4.69) is 15.0 Å². The molecule has 7 heteroatoms. The third-order valence-electron chi connectivity index (χ3n) is 4.82. The van der Waals surface area contributed by atoms with Crippen LogP contribution < -0.4 is 15.0 Å². The van der Waals surface area contributed by atoms with Crippen molar-refractivity contribution in [2.24, 2.45) is 0 Å². The highest BCUT2D eigenvalue weighted by Crippen LogP contribution is 2.20. The van der Waals surface area contributed by atoms with E-state index in [1.807, 2.05) is 29.2 Å². The van der Waals surface area contributed by atoms with Gasteiger partial charge in [0.15, 0.2) is 0 Å². The lowest BCUT2D eigenvalue weighted by molar-refractivity contribution is -0.129. The molecule has 0 atom stereocenters. The first-order valence-electron chi connectivity index (χ1n) is 9.19. The van der Waals surface area contributed by atoms with Gasteiger partial charge in [0.05, 0.1) is 26.3 Å². The summed E-state index contributed by atoms with van der Waals surface area (Å²) in [5.41, 5.74) is 2.41. The first-order chi connectivity index (χ1) is 13.6. The van der Waals surface area contributed by atoms with Gasteiger partial charge >= 0.3 is 5.97 Å². The Balaban J connectivity index is 1.46. The molecule has 148 valence electrons. The Kier molecular flexibility index (Phi) is 6.37. The standard InChI is InChI=1S/C21H25N3O4/c1-27-19-9-7-18(8-10-19)23-11-13-24(14-12-23)20(25)15-22-17-5-3-16(4-6-17)21(26)28-2/h3-10,22H,11-15H2,1-2H3. The fourth-order valence-electron chi connectivity index (χ4n) is 3.14. The average Bonchev–Trinajstić information content (AvgIpc) is 2.77. The number of hydrogen-bond acceptors (Lipinski definition) is 6. The fraction of sp³-hybridized carbons (Fsp3) is 0.333. The third-order valence-corrected chi connectivity index (χ3v) is 4.82. The normalized spacial score (nSPS) is 13.8. The molecule has 2 aromatic rings. The first-order valence-corrected chi connectivity index (χ1v) is 9.19. The third kappa shape index (κ3) is 4.73. The first kappa shape index (κ1) is 19.5. The van der Waals surface area contributed by atoms with Crippen LogP contribution in [0.3, 0.4) is 0 Å². The molecule has 0 aromatic heterocycles. The van der Waals surface area contributed by atoms with Crippen LogP contribution >= 0.6 is 0 Å². The van der Waals surface area contributed by atoms with Crippen LogP contribution in [0.25, 0.3) is 0 Å². The summed E-state index contributed by atoms with van der Waals surface area (Å²) in [6.45, 7) is 3.19. The zero-order valence-corrected chi connectivity index (χ0v) is 16.2. The molecule has 0 spiro atoms. The molecular weight excluding hydrogens is 358 g/mol. The SMILES string of the molecule is COC(=O)c1ccc(NCC(=O)N2CCN(c3ccc(OC)cc3)CC2)cc1. The van der Waals surface area contributed by atoms with Gasteiger partial charge in [0.1, 0.15) is 5.75 Å². The van der Waals surface area contributed by atoms with Gasteiger partial charge in [0.25, 0.3) is 0 Å². The molecule has 7 nitrogen and oxygen atoms in total. The van der Waals surface area contributed by atoms with E-state index in [0.29, 0.717) is 18.7 Å². The Morgan fingerprint density at radius 2 is 1.57 bits per heavy atom.